The van der Waals surface area contributed by atoms with Gasteiger partial charge in [0.15, 0.2) is 0 Å². The van der Waals surface area contributed by atoms with Crippen LogP contribution in [0.1, 0.15) is 27.2 Å². The third-order valence-corrected chi connectivity index (χ3v) is 2.59. The normalized spacial score (nSPS) is 11.6. The van der Waals surface area contributed by atoms with E-state index in [9.17, 15) is 0 Å². The largest absolute Gasteiger partial charge is 0.477 e. The molecule has 1 heterocycles. The van der Waals surface area contributed by atoms with Crippen LogP contribution in [0.25, 0.3) is 0 Å². The molecule has 0 spiro atoms. The van der Waals surface area contributed by atoms with Crippen LogP contribution in [0.4, 0.5) is 5.82 Å². The number of nitrogens with zero attached hydrogens (tertiary/aromatic N) is 1. The minimum Gasteiger partial charge on any atom is -0.477 e. The highest BCUT2D eigenvalue weighted by Gasteiger charge is 2.12. The minimum atomic E-state index is 0.213. The van der Waals surface area contributed by atoms with Gasteiger partial charge in [-0.1, -0.05) is 44.0 Å². The van der Waals surface area contributed by atoms with Crippen LogP contribution in [0, 0.1) is 5.41 Å². The number of ether oxygens (including phenoxy) is 1. The molecule has 0 amide bonds. The molecule has 16 heavy (non-hydrogen) atoms. The second kappa shape index (κ2) is 5.11. The number of rotatable bonds is 3. The Labute approximate surface area is 106 Å². The fraction of sp³-hybridized carbons (Fsp3) is 0.545. The summed E-state index contributed by atoms with van der Waals surface area (Å²) in [6, 6.07) is 1.54. The number of aromatic nitrogens is 1. The van der Waals surface area contributed by atoms with Gasteiger partial charge in [-0.2, -0.15) is 4.98 Å². The van der Waals surface area contributed by atoms with E-state index in [2.05, 4.69) is 25.8 Å². The highest BCUT2D eigenvalue weighted by Crippen LogP contribution is 2.29. The van der Waals surface area contributed by atoms with Gasteiger partial charge in [-0.3, -0.25) is 0 Å². The molecule has 0 unspecified atom stereocenters. The van der Waals surface area contributed by atoms with Gasteiger partial charge in [0.05, 0.1) is 11.6 Å². The average Bonchev–Trinajstić information content (AvgIpc) is 2.11. The van der Waals surface area contributed by atoms with Crippen LogP contribution in [0.5, 0.6) is 5.88 Å². The number of hydrogen-bond acceptors (Lipinski definition) is 3. The first-order chi connectivity index (χ1) is 7.29. The molecule has 0 bridgehead atoms. The van der Waals surface area contributed by atoms with Crippen molar-refractivity contribution in [3.05, 3.63) is 16.1 Å². The third kappa shape index (κ3) is 4.06. The molecule has 0 aromatic carbocycles. The number of anilines is 1. The van der Waals surface area contributed by atoms with Crippen LogP contribution in [-0.4, -0.2) is 11.6 Å². The van der Waals surface area contributed by atoms with Crippen LogP contribution in [-0.2, 0) is 0 Å². The van der Waals surface area contributed by atoms with Crippen LogP contribution < -0.4 is 10.5 Å². The zero-order valence-electron chi connectivity index (χ0n) is 9.68. The van der Waals surface area contributed by atoms with E-state index in [1.54, 1.807) is 0 Å². The lowest BCUT2D eigenvalue weighted by Crippen LogP contribution is -2.12. The fourth-order valence-corrected chi connectivity index (χ4v) is 1.43. The average molecular weight is 263 g/mol. The second-order valence-electron chi connectivity index (χ2n) is 4.80. The summed E-state index contributed by atoms with van der Waals surface area (Å²) in [4.78, 5) is 3.98. The van der Waals surface area contributed by atoms with E-state index in [0.29, 0.717) is 22.5 Å². The SMILES string of the molecule is CC(C)(C)CCOc1nc(N)c(Cl)cc1Cl. The zero-order chi connectivity index (χ0) is 12.3. The van der Waals surface area contributed by atoms with Gasteiger partial charge in [-0.15, -0.1) is 0 Å². The molecule has 0 fully saturated rings. The summed E-state index contributed by atoms with van der Waals surface area (Å²) in [5.74, 6) is 0.574. The van der Waals surface area contributed by atoms with E-state index in [-0.39, 0.29) is 11.2 Å². The summed E-state index contributed by atoms with van der Waals surface area (Å²) in [5.41, 5.74) is 5.78. The lowest BCUT2D eigenvalue weighted by molar-refractivity contribution is 0.237. The number of nitrogen functional groups attached to an aromatic ring is 1. The molecule has 90 valence electrons. The first-order valence-electron chi connectivity index (χ1n) is 5.04. The van der Waals surface area contributed by atoms with Crippen LogP contribution in [0.2, 0.25) is 10.0 Å². The van der Waals surface area contributed by atoms with Crippen LogP contribution in [0.3, 0.4) is 0 Å². The highest BCUT2D eigenvalue weighted by atomic mass is 35.5. The summed E-state index contributed by atoms with van der Waals surface area (Å²) in [6.45, 7) is 6.97. The van der Waals surface area contributed by atoms with E-state index in [1.807, 2.05) is 0 Å². The van der Waals surface area contributed by atoms with Crippen molar-refractivity contribution in [2.24, 2.45) is 5.41 Å². The number of nitrogens with two attached hydrogens (primary N) is 1. The van der Waals surface area contributed by atoms with Gasteiger partial charge in [-0.25, -0.2) is 0 Å². The molecule has 0 atom stereocenters. The smallest absolute Gasteiger partial charge is 0.234 e. The van der Waals surface area contributed by atoms with Crippen molar-refractivity contribution in [2.45, 2.75) is 27.2 Å². The van der Waals surface area contributed by atoms with E-state index in [0.717, 1.165) is 6.42 Å². The fourth-order valence-electron chi connectivity index (χ4n) is 1.02. The van der Waals surface area contributed by atoms with Crippen molar-refractivity contribution in [1.82, 2.24) is 4.98 Å². The quantitative estimate of drug-likeness (QED) is 0.902. The summed E-state index contributed by atoms with van der Waals surface area (Å²) in [7, 11) is 0. The zero-order valence-corrected chi connectivity index (χ0v) is 11.2. The predicted molar refractivity (Wildman–Crippen MR) is 68.2 cm³/mol. The molecule has 5 heteroatoms. The topological polar surface area (TPSA) is 48.1 Å². The number of pyridine rings is 1. The number of halogens is 2. The Balaban J connectivity index is 2.64. The Hall–Kier alpha value is -0.670. The van der Waals surface area contributed by atoms with Gasteiger partial charge in [0.1, 0.15) is 10.8 Å². The molecule has 1 rings (SSSR count). The van der Waals surface area contributed by atoms with E-state index in [1.165, 1.54) is 6.07 Å². The Bertz CT molecular complexity index is 375. The molecular weight excluding hydrogens is 247 g/mol. The van der Waals surface area contributed by atoms with Gasteiger partial charge in [0.25, 0.3) is 0 Å². The Morgan fingerprint density at radius 3 is 2.50 bits per heavy atom. The molecule has 0 aliphatic rings. The monoisotopic (exact) mass is 262 g/mol. The molecule has 0 aliphatic carbocycles. The van der Waals surface area contributed by atoms with Crippen molar-refractivity contribution < 1.29 is 4.74 Å². The van der Waals surface area contributed by atoms with Crippen molar-refractivity contribution in [2.75, 3.05) is 12.3 Å². The molecule has 3 nitrogen and oxygen atoms in total. The summed E-state index contributed by atoms with van der Waals surface area (Å²) < 4.78 is 5.47. The van der Waals surface area contributed by atoms with Gasteiger partial charge in [0, 0.05) is 0 Å². The van der Waals surface area contributed by atoms with Gasteiger partial charge in [-0.05, 0) is 17.9 Å². The second-order valence-corrected chi connectivity index (χ2v) is 5.62. The van der Waals surface area contributed by atoms with Crippen molar-refractivity contribution in [3.8, 4) is 5.88 Å². The maximum absolute atomic E-state index is 5.92. The predicted octanol–water partition coefficient (Wildman–Crippen LogP) is 3.79. The lowest BCUT2D eigenvalue weighted by Gasteiger charge is -2.18. The van der Waals surface area contributed by atoms with Gasteiger partial charge in [0.2, 0.25) is 5.88 Å². The maximum atomic E-state index is 5.92. The molecule has 0 saturated carbocycles. The molecule has 0 radical (unpaired) electrons. The first kappa shape index (κ1) is 13.4. The van der Waals surface area contributed by atoms with Crippen molar-refractivity contribution >= 4 is 29.0 Å². The molecule has 1 aromatic heterocycles. The Morgan fingerprint density at radius 2 is 1.94 bits per heavy atom. The summed E-state index contributed by atoms with van der Waals surface area (Å²) >= 11 is 11.7. The van der Waals surface area contributed by atoms with Crippen molar-refractivity contribution in [1.29, 1.82) is 0 Å². The molecule has 2 N–H and O–H groups in total. The van der Waals surface area contributed by atoms with E-state index >= 15 is 0 Å². The standard InChI is InChI=1S/C11H16Cl2N2O/c1-11(2,3)4-5-16-10-8(13)6-7(12)9(14)15-10/h6H,4-5H2,1-3H3,(H2,14,15). The molecule has 0 saturated heterocycles. The van der Waals surface area contributed by atoms with Gasteiger partial charge < -0.3 is 10.5 Å². The van der Waals surface area contributed by atoms with Crippen molar-refractivity contribution in [3.63, 3.8) is 0 Å². The van der Waals surface area contributed by atoms with Gasteiger partial charge >= 0.3 is 0 Å². The Kier molecular flexibility index (Phi) is 4.28. The maximum Gasteiger partial charge on any atom is 0.234 e. The summed E-state index contributed by atoms with van der Waals surface area (Å²) in [6.07, 6.45) is 0.910. The molecule has 0 aliphatic heterocycles. The van der Waals surface area contributed by atoms with Crippen LogP contribution >= 0.6 is 23.2 Å². The highest BCUT2D eigenvalue weighted by molar-refractivity contribution is 6.36. The van der Waals surface area contributed by atoms with Crippen LogP contribution in [0.15, 0.2) is 6.07 Å². The molecular formula is C11H16Cl2N2O. The lowest BCUT2D eigenvalue weighted by atomic mass is 9.93. The van der Waals surface area contributed by atoms with E-state index < -0.39 is 0 Å². The molecule has 1 aromatic rings. The minimum absolute atomic E-state index is 0.213. The number of hydrogen-bond donors (Lipinski definition) is 1. The Morgan fingerprint density at radius 1 is 1.31 bits per heavy atom. The first-order valence-corrected chi connectivity index (χ1v) is 5.79. The summed E-state index contributed by atoms with van der Waals surface area (Å²) in [5, 5.41) is 0.723. The van der Waals surface area contributed by atoms with E-state index in [4.69, 9.17) is 33.7 Å². The third-order valence-electron chi connectivity index (χ3n) is 2.02.